The van der Waals surface area contributed by atoms with Crippen LogP contribution >= 0.6 is 11.3 Å². The number of nitriles is 1. The molecule has 0 atom stereocenters. The maximum Gasteiger partial charge on any atom is 0.331 e. The molecule has 0 spiro atoms. The lowest BCUT2D eigenvalue weighted by atomic mass is 10.00. The van der Waals surface area contributed by atoms with Gasteiger partial charge in [0.05, 0.1) is 22.4 Å². The molecule has 244 valence electrons. The van der Waals surface area contributed by atoms with Crippen LogP contribution in [0.25, 0.3) is 10.2 Å². The van der Waals surface area contributed by atoms with Crippen LogP contribution in [-0.2, 0) is 4.79 Å². The summed E-state index contributed by atoms with van der Waals surface area (Å²) in [6.07, 6.45) is 4.39. The Labute approximate surface area is 282 Å². The van der Waals surface area contributed by atoms with Crippen molar-refractivity contribution in [3.05, 3.63) is 94.3 Å². The number of ether oxygens (including phenoxy) is 1. The third-order valence-corrected chi connectivity index (χ3v) is 9.60. The molecule has 0 fully saturated rings. The number of urea groups is 1. The predicted molar refractivity (Wildman–Crippen MR) is 186 cm³/mol. The lowest BCUT2D eigenvalue weighted by Crippen LogP contribution is -2.40. The van der Waals surface area contributed by atoms with Gasteiger partial charge in [-0.3, -0.25) is 14.5 Å². The van der Waals surface area contributed by atoms with Gasteiger partial charge >= 0.3 is 6.03 Å². The molecule has 3 N–H and O–H groups in total. The predicted octanol–water partition coefficient (Wildman–Crippen LogP) is 7.11. The van der Waals surface area contributed by atoms with Crippen molar-refractivity contribution in [3.8, 4) is 17.6 Å². The molecule has 2 aliphatic heterocycles. The summed E-state index contributed by atoms with van der Waals surface area (Å²) in [5.41, 5.74) is 3.11. The van der Waals surface area contributed by atoms with E-state index in [1.54, 1.807) is 37.2 Å². The maximum atomic E-state index is 13.8. The number of allylic oxidation sites excluding steroid dienone is 2. The third kappa shape index (κ3) is 6.13. The van der Waals surface area contributed by atoms with Gasteiger partial charge < -0.3 is 25.6 Å². The van der Waals surface area contributed by atoms with Crippen LogP contribution in [0.5, 0.6) is 11.5 Å². The first-order valence-corrected chi connectivity index (χ1v) is 16.3. The number of rotatable bonds is 8. The van der Waals surface area contributed by atoms with Gasteiger partial charge in [0.15, 0.2) is 0 Å². The van der Waals surface area contributed by atoms with Crippen LogP contribution in [0.2, 0.25) is 0 Å². The molecule has 4 heterocycles. The van der Waals surface area contributed by atoms with Crippen LogP contribution in [0.15, 0.2) is 83.8 Å². The molecule has 0 bridgehead atoms. The van der Waals surface area contributed by atoms with E-state index >= 15 is 0 Å². The zero-order chi connectivity index (χ0) is 34.2. The fourth-order valence-corrected chi connectivity index (χ4v) is 6.81. The molecule has 48 heavy (non-hydrogen) atoms. The van der Waals surface area contributed by atoms with E-state index in [9.17, 15) is 19.6 Å². The Hall–Kier alpha value is -5.51. The zero-order valence-corrected chi connectivity index (χ0v) is 28.1. The monoisotopic (exact) mass is 661 g/mol. The molecule has 4 aromatic rings. The molecule has 2 aliphatic rings. The Morgan fingerprint density at radius 1 is 1.10 bits per heavy atom. The number of amides is 4. The normalized spacial score (nSPS) is 14.9. The Morgan fingerprint density at radius 2 is 1.88 bits per heavy atom. The van der Waals surface area contributed by atoms with Crippen molar-refractivity contribution in [1.82, 2.24) is 20.5 Å². The third-order valence-electron chi connectivity index (χ3n) is 8.50. The van der Waals surface area contributed by atoms with Crippen LogP contribution in [0.4, 0.5) is 21.9 Å². The smallest absolute Gasteiger partial charge is 0.331 e. The first-order chi connectivity index (χ1) is 23.0. The molecule has 0 saturated carbocycles. The molecule has 12 heteroatoms. The van der Waals surface area contributed by atoms with Gasteiger partial charge in [0.25, 0.3) is 11.8 Å². The molecule has 2 aromatic carbocycles. The van der Waals surface area contributed by atoms with Crippen molar-refractivity contribution in [2.75, 3.05) is 23.8 Å². The van der Waals surface area contributed by atoms with Gasteiger partial charge in [-0.1, -0.05) is 18.2 Å². The zero-order valence-electron chi connectivity index (χ0n) is 27.3. The summed E-state index contributed by atoms with van der Waals surface area (Å²) in [6.45, 7) is 7.84. The van der Waals surface area contributed by atoms with E-state index in [0.717, 1.165) is 5.56 Å². The number of hydrogen-bond donors (Lipinski definition) is 3. The highest BCUT2D eigenvalue weighted by atomic mass is 32.1. The van der Waals surface area contributed by atoms with Crippen LogP contribution in [-0.4, -0.2) is 46.9 Å². The van der Waals surface area contributed by atoms with E-state index in [1.165, 1.54) is 16.2 Å². The van der Waals surface area contributed by atoms with E-state index in [-0.39, 0.29) is 5.57 Å². The highest BCUT2D eigenvalue weighted by molar-refractivity contribution is 7.21. The lowest BCUT2D eigenvalue weighted by molar-refractivity contribution is -0.125. The minimum atomic E-state index is -0.556. The Balaban J connectivity index is 1.29. The number of benzene rings is 2. The molecule has 0 radical (unpaired) electrons. The second kappa shape index (κ2) is 12.9. The number of hydrogen-bond acceptors (Lipinski definition) is 8. The molecule has 11 nitrogen and oxygen atoms in total. The Kier molecular flexibility index (Phi) is 8.75. The number of anilines is 3. The largest absolute Gasteiger partial charge is 0.457 e. The maximum absolute atomic E-state index is 13.8. The van der Waals surface area contributed by atoms with Gasteiger partial charge in [-0.2, -0.15) is 5.26 Å². The van der Waals surface area contributed by atoms with E-state index < -0.39 is 23.4 Å². The van der Waals surface area contributed by atoms with Crippen LogP contribution in [0, 0.1) is 18.3 Å². The first-order valence-electron chi connectivity index (χ1n) is 15.5. The molecule has 0 saturated heterocycles. The van der Waals surface area contributed by atoms with Gasteiger partial charge in [-0.25, -0.2) is 9.78 Å². The topological polar surface area (TPSA) is 140 Å². The van der Waals surface area contributed by atoms with Crippen molar-refractivity contribution in [3.63, 3.8) is 0 Å². The summed E-state index contributed by atoms with van der Waals surface area (Å²) in [7, 11) is 1.76. The number of pyridine rings is 1. The molecule has 0 aliphatic carbocycles. The number of nitrogens with one attached hydrogen (secondary N) is 3. The minimum absolute atomic E-state index is 0.0229. The average Bonchev–Trinajstić information content (AvgIpc) is 3.45. The molecule has 6 rings (SSSR count). The van der Waals surface area contributed by atoms with Crippen molar-refractivity contribution in [2.24, 2.45) is 0 Å². The fourth-order valence-electron chi connectivity index (χ4n) is 5.80. The second-order valence-electron chi connectivity index (χ2n) is 12.2. The summed E-state index contributed by atoms with van der Waals surface area (Å²) >= 11 is 1.19. The highest BCUT2D eigenvalue weighted by Gasteiger charge is 2.34. The SMILES string of the molecule is CNC(C)(C)/C=C(\C#N)C(=O)N1CCCC(NC(=O)c2sc3nccc4c3c2NC(=O)N4c2ccc(Oc3ccccc3)cc2C)=C1C. The number of para-hydroxylation sites is 1. The molecule has 2 aromatic heterocycles. The Bertz CT molecular complexity index is 2060. The van der Waals surface area contributed by atoms with Gasteiger partial charge in [-0.15, -0.1) is 11.3 Å². The van der Waals surface area contributed by atoms with Gasteiger partial charge in [0.2, 0.25) is 0 Å². The summed E-state index contributed by atoms with van der Waals surface area (Å²) in [5.74, 6) is 0.519. The number of thiophene rings is 1. The number of likely N-dealkylation sites (N-methyl/N-ethyl adjacent to an activating group) is 1. The standard InChI is InChI=1S/C36H35N7O4S/c1-21-18-25(47-24-10-7-6-8-11-24)13-14-27(21)43-28-15-16-39-33-29(28)30(41-35(43)46)31(48-33)32(44)40-26-12-9-17-42(22(26)2)34(45)23(20-37)19-36(3,4)38-5/h6-8,10-11,13-16,18-19,38H,9,12,17H2,1-5H3,(H,40,44)(H,41,46)/b23-19+. The average molecular weight is 662 g/mol. The van der Waals surface area contributed by atoms with Gasteiger partial charge in [0.1, 0.15) is 32.8 Å². The quantitative estimate of drug-likeness (QED) is 0.135. The van der Waals surface area contributed by atoms with Crippen molar-refractivity contribution in [2.45, 2.75) is 46.1 Å². The van der Waals surface area contributed by atoms with Crippen molar-refractivity contribution >= 4 is 56.5 Å². The number of carbonyl (C=O) groups is 3. The van der Waals surface area contributed by atoms with Gasteiger partial charge in [0, 0.05) is 29.7 Å². The lowest BCUT2D eigenvalue weighted by Gasteiger charge is -2.31. The minimum Gasteiger partial charge on any atom is -0.457 e. The van der Waals surface area contributed by atoms with E-state index in [1.807, 2.05) is 75.4 Å². The van der Waals surface area contributed by atoms with Crippen molar-refractivity contribution in [1.29, 1.82) is 5.26 Å². The fraction of sp³-hybridized carbons (Fsp3) is 0.250. The van der Waals surface area contributed by atoms with Crippen LogP contribution < -0.4 is 25.6 Å². The van der Waals surface area contributed by atoms with Crippen molar-refractivity contribution < 1.29 is 19.1 Å². The highest BCUT2D eigenvalue weighted by Crippen LogP contribution is 2.46. The summed E-state index contributed by atoms with van der Waals surface area (Å²) < 4.78 is 5.99. The summed E-state index contributed by atoms with van der Waals surface area (Å²) in [6, 6.07) is 18.4. The molecular formula is C36H35N7O4S. The number of aromatic nitrogens is 1. The second-order valence-corrected chi connectivity index (χ2v) is 13.2. The summed E-state index contributed by atoms with van der Waals surface area (Å²) in [4.78, 5) is 49.5. The number of carbonyl (C=O) groups excluding carboxylic acids is 3. The van der Waals surface area contributed by atoms with Crippen LogP contribution in [0.3, 0.4) is 0 Å². The molecule has 4 amide bonds. The van der Waals surface area contributed by atoms with Crippen LogP contribution in [0.1, 0.15) is 48.8 Å². The van der Waals surface area contributed by atoms with E-state index in [4.69, 9.17) is 4.74 Å². The molecular weight excluding hydrogens is 627 g/mol. The molecule has 0 unspecified atom stereocenters. The van der Waals surface area contributed by atoms with E-state index in [0.29, 0.717) is 74.4 Å². The number of nitrogens with zero attached hydrogens (tertiary/aromatic N) is 4. The number of aryl methyl sites for hydroxylation is 1. The Morgan fingerprint density at radius 3 is 2.58 bits per heavy atom. The first kappa shape index (κ1) is 32.4. The van der Waals surface area contributed by atoms with E-state index in [2.05, 4.69) is 20.9 Å². The van der Waals surface area contributed by atoms with Gasteiger partial charge in [-0.05, 0) is 95.6 Å². The summed E-state index contributed by atoms with van der Waals surface area (Å²) in [5, 5.41) is 19.4.